The van der Waals surface area contributed by atoms with Crippen LogP contribution in [0.5, 0.6) is 0 Å². The third-order valence-corrected chi connectivity index (χ3v) is 3.54. The molecule has 0 spiro atoms. The van der Waals surface area contributed by atoms with E-state index < -0.39 is 0 Å². The molecule has 0 aliphatic heterocycles. The number of rotatable bonds is 3. The molecule has 14 heavy (non-hydrogen) atoms. The summed E-state index contributed by atoms with van der Waals surface area (Å²) >= 11 is 0. The highest BCUT2D eigenvalue weighted by molar-refractivity contribution is 5.33. The SMILES string of the molecule is Cn1nc(C(C2CC2)C2CC2)cc1N. The number of hydrogen-bond acceptors (Lipinski definition) is 2. The van der Waals surface area contributed by atoms with E-state index in [1.807, 2.05) is 7.05 Å². The monoisotopic (exact) mass is 191 g/mol. The summed E-state index contributed by atoms with van der Waals surface area (Å²) in [6, 6.07) is 2.07. The van der Waals surface area contributed by atoms with Crippen molar-refractivity contribution >= 4 is 5.82 Å². The maximum absolute atomic E-state index is 5.82. The largest absolute Gasteiger partial charge is 0.384 e. The van der Waals surface area contributed by atoms with E-state index in [2.05, 4.69) is 11.2 Å². The first-order valence-corrected chi connectivity index (χ1v) is 5.55. The average molecular weight is 191 g/mol. The molecule has 0 unspecified atom stereocenters. The first kappa shape index (κ1) is 8.33. The number of nitrogen functional groups attached to an aromatic ring is 1. The molecule has 76 valence electrons. The van der Waals surface area contributed by atoms with Crippen LogP contribution in [0.25, 0.3) is 0 Å². The number of anilines is 1. The van der Waals surface area contributed by atoms with Gasteiger partial charge in [-0.25, -0.2) is 0 Å². The summed E-state index contributed by atoms with van der Waals surface area (Å²) in [4.78, 5) is 0. The molecule has 2 saturated carbocycles. The maximum Gasteiger partial charge on any atom is 0.121 e. The first-order valence-electron chi connectivity index (χ1n) is 5.55. The molecule has 2 aliphatic rings. The van der Waals surface area contributed by atoms with Gasteiger partial charge in [0.1, 0.15) is 5.82 Å². The highest BCUT2D eigenvalue weighted by Gasteiger charge is 2.43. The summed E-state index contributed by atoms with van der Waals surface area (Å²) in [6.45, 7) is 0. The van der Waals surface area contributed by atoms with Gasteiger partial charge in [0.2, 0.25) is 0 Å². The highest BCUT2D eigenvalue weighted by atomic mass is 15.3. The van der Waals surface area contributed by atoms with Crippen LogP contribution < -0.4 is 5.73 Å². The van der Waals surface area contributed by atoms with Gasteiger partial charge in [-0.3, -0.25) is 4.68 Å². The van der Waals surface area contributed by atoms with E-state index >= 15 is 0 Å². The predicted molar refractivity (Wildman–Crippen MR) is 55.8 cm³/mol. The molecule has 0 amide bonds. The summed E-state index contributed by atoms with van der Waals surface area (Å²) in [5, 5.41) is 4.52. The maximum atomic E-state index is 5.82. The van der Waals surface area contributed by atoms with Crippen molar-refractivity contribution in [2.24, 2.45) is 18.9 Å². The van der Waals surface area contributed by atoms with Crippen molar-refractivity contribution in [1.29, 1.82) is 0 Å². The van der Waals surface area contributed by atoms with E-state index in [4.69, 9.17) is 5.73 Å². The second-order valence-corrected chi connectivity index (χ2v) is 4.82. The van der Waals surface area contributed by atoms with E-state index in [-0.39, 0.29) is 0 Å². The van der Waals surface area contributed by atoms with Crippen molar-refractivity contribution in [3.8, 4) is 0 Å². The zero-order valence-corrected chi connectivity index (χ0v) is 8.61. The molecule has 1 heterocycles. The normalized spacial score (nSPS) is 21.9. The smallest absolute Gasteiger partial charge is 0.121 e. The lowest BCUT2D eigenvalue weighted by Crippen LogP contribution is -2.05. The predicted octanol–water partition coefficient (Wildman–Crippen LogP) is 1.91. The Balaban J connectivity index is 1.89. The lowest BCUT2D eigenvalue weighted by molar-refractivity contribution is 0.516. The van der Waals surface area contributed by atoms with Gasteiger partial charge in [-0.1, -0.05) is 0 Å². The molecule has 0 saturated heterocycles. The Morgan fingerprint density at radius 2 is 1.93 bits per heavy atom. The lowest BCUT2D eigenvalue weighted by Gasteiger charge is -2.11. The molecule has 2 fully saturated rings. The van der Waals surface area contributed by atoms with E-state index in [0.717, 1.165) is 23.6 Å². The Morgan fingerprint density at radius 3 is 2.29 bits per heavy atom. The zero-order valence-electron chi connectivity index (χ0n) is 8.61. The van der Waals surface area contributed by atoms with Crippen LogP contribution in [0.2, 0.25) is 0 Å². The molecular formula is C11H17N3. The molecule has 0 atom stereocenters. The van der Waals surface area contributed by atoms with Gasteiger partial charge in [0.15, 0.2) is 0 Å². The summed E-state index contributed by atoms with van der Waals surface area (Å²) < 4.78 is 1.80. The number of aromatic nitrogens is 2. The Hall–Kier alpha value is -0.990. The minimum absolute atomic E-state index is 0.721. The standard InChI is InChI=1S/C11H17N3/c1-14-10(12)6-9(13-14)11(7-2-3-7)8-4-5-8/h6-8,11H,2-5,12H2,1H3. The molecule has 1 aromatic heterocycles. The van der Waals surface area contributed by atoms with Crippen molar-refractivity contribution in [3.05, 3.63) is 11.8 Å². The van der Waals surface area contributed by atoms with Gasteiger partial charge >= 0.3 is 0 Å². The molecule has 3 rings (SSSR count). The van der Waals surface area contributed by atoms with Crippen LogP contribution in [-0.4, -0.2) is 9.78 Å². The van der Waals surface area contributed by atoms with Gasteiger partial charge in [-0.05, 0) is 37.5 Å². The lowest BCUT2D eigenvalue weighted by atomic mass is 9.94. The van der Waals surface area contributed by atoms with Gasteiger partial charge in [0.25, 0.3) is 0 Å². The van der Waals surface area contributed by atoms with Crippen LogP contribution >= 0.6 is 0 Å². The topological polar surface area (TPSA) is 43.8 Å². The molecule has 0 bridgehead atoms. The fraction of sp³-hybridized carbons (Fsp3) is 0.727. The highest BCUT2D eigenvalue weighted by Crippen LogP contribution is 2.54. The Labute approximate surface area is 84.3 Å². The van der Waals surface area contributed by atoms with Gasteiger partial charge in [-0.2, -0.15) is 5.10 Å². The van der Waals surface area contributed by atoms with Crippen LogP contribution in [0.4, 0.5) is 5.82 Å². The zero-order chi connectivity index (χ0) is 9.71. The van der Waals surface area contributed by atoms with E-state index in [1.54, 1.807) is 4.68 Å². The van der Waals surface area contributed by atoms with Crippen molar-refractivity contribution in [2.45, 2.75) is 31.6 Å². The summed E-state index contributed by atoms with van der Waals surface area (Å²) in [6.07, 6.45) is 5.60. The molecular weight excluding hydrogens is 174 g/mol. The van der Waals surface area contributed by atoms with Crippen LogP contribution in [-0.2, 0) is 7.05 Å². The Morgan fingerprint density at radius 1 is 1.36 bits per heavy atom. The number of nitrogens with zero attached hydrogens (tertiary/aromatic N) is 2. The van der Waals surface area contributed by atoms with E-state index in [0.29, 0.717) is 0 Å². The van der Waals surface area contributed by atoms with Crippen molar-refractivity contribution in [3.63, 3.8) is 0 Å². The quantitative estimate of drug-likeness (QED) is 0.793. The fourth-order valence-electron chi connectivity index (χ4n) is 2.45. The molecule has 1 aromatic rings. The van der Waals surface area contributed by atoms with Crippen LogP contribution in [0.3, 0.4) is 0 Å². The average Bonchev–Trinajstić information content (AvgIpc) is 2.95. The molecule has 3 nitrogen and oxygen atoms in total. The Kier molecular flexibility index (Phi) is 1.64. The van der Waals surface area contributed by atoms with Gasteiger partial charge in [0, 0.05) is 19.0 Å². The van der Waals surface area contributed by atoms with E-state index in [9.17, 15) is 0 Å². The summed E-state index contributed by atoms with van der Waals surface area (Å²) in [5.74, 6) is 3.35. The van der Waals surface area contributed by atoms with Crippen LogP contribution in [0.1, 0.15) is 37.3 Å². The van der Waals surface area contributed by atoms with Crippen molar-refractivity contribution in [2.75, 3.05) is 5.73 Å². The van der Waals surface area contributed by atoms with E-state index in [1.165, 1.54) is 31.4 Å². The Bertz CT molecular complexity index is 316. The summed E-state index contributed by atoms with van der Waals surface area (Å²) in [5.41, 5.74) is 7.07. The van der Waals surface area contributed by atoms with Crippen LogP contribution in [0, 0.1) is 11.8 Å². The fourth-order valence-corrected chi connectivity index (χ4v) is 2.45. The van der Waals surface area contributed by atoms with Crippen LogP contribution in [0.15, 0.2) is 6.07 Å². The van der Waals surface area contributed by atoms with Gasteiger partial charge < -0.3 is 5.73 Å². The molecule has 2 N–H and O–H groups in total. The third-order valence-electron chi connectivity index (χ3n) is 3.54. The van der Waals surface area contributed by atoms with Crippen molar-refractivity contribution < 1.29 is 0 Å². The molecule has 3 heteroatoms. The first-order chi connectivity index (χ1) is 6.75. The minimum atomic E-state index is 0.721. The number of aryl methyl sites for hydroxylation is 1. The second-order valence-electron chi connectivity index (χ2n) is 4.82. The van der Waals surface area contributed by atoms with Crippen molar-refractivity contribution in [1.82, 2.24) is 9.78 Å². The number of hydrogen-bond donors (Lipinski definition) is 1. The second kappa shape index (κ2) is 2.75. The number of nitrogens with two attached hydrogens (primary N) is 1. The van der Waals surface area contributed by atoms with Gasteiger partial charge in [0.05, 0.1) is 5.69 Å². The van der Waals surface area contributed by atoms with Gasteiger partial charge in [-0.15, -0.1) is 0 Å². The molecule has 0 radical (unpaired) electrons. The summed E-state index contributed by atoms with van der Waals surface area (Å²) in [7, 11) is 1.93. The molecule has 0 aromatic carbocycles. The third kappa shape index (κ3) is 1.31. The molecule has 2 aliphatic carbocycles. The minimum Gasteiger partial charge on any atom is -0.384 e.